The minimum absolute atomic E-state index is 0.000812. The van der Waals surface area contributed by atoms with Gasteiger partial charge in [0.1, 0.15) is 0 Å². The number of rotatable bonds is 9. The summed E-state index contributed by atoms with van der Waals surface area (Å²) in [4.78, 5) is 7.28. The fourth-order valence-electron chi connectivity index (χ4n) is 3.96. The Hall–Kier alpha value is -1.67. The summed E-state index contributed by atoms with van der Waals surface area (Å²) in [5.41, 5.74) is 2.58. The lowest BCUT2D eigenvalue weighted by atomic mass is 9.84. The minimum Gasteiger partial charge on any atom is -0.396 e. The van der Waals surface area contributed by atoms with Gasteiger partial charge in [-0.3, -0.25) is 4.90 Å². The van der Waals surface area contributed by atoms with E-state index in [4.69, 9.17) is 14.5 Å². The number of ether oxygens (including phenoxy) is 2. The molecule has 1 aromatic carbocycles. The van der Waals surface area contributed by atoms with Gasteiger partial charge < -0.3 is 25.2 Å². The van der Waals surface area contributed by atoms with Crippen LogP contribution in [0, 0.1) is 5.41 Å². The summed E-state index contributed by atoms with van der Waals surface area (Å²) in [6.45, 7) is 10.5. The van der Waals surface area contributed by atoms with E-state index < -0.39 is 0 Å². The molecular weight excluding hydrogens is 368 g/mol. The lowest BCUT2D eigenvalue weighted by Crippen LogP contribution is -2.44. The number of aliphatic imine (C=N–C) groups is 1. The highest BCUT2D eigenvalue weighted by molar-refractivity contribution is 5.79. The molecule has 162 valence electrons. The number of hydrogen-bond donors (Lipinski definition) is 3. The summed E-state index contributed by atoms with van der Waals surface area (Å²) in [6, 6.07) is 8.55. The molecule has 0 spiro atoms. The van der Waals surface area contributed by atoms with Crippen molar-refractivity contribution < 1.29 is 14.6 Å². The fourth-order valence-corrected chi connectivity index (χ4v) is 3.96. The summed E-state index contributed by atoms with van der Waals surface area (Å²) in [7, 11) is 0. The molecule has 7 nitrogen and oxygen atoms in total. The topological polar surface area (TPSA) is 78.4 Å². The molecule has 0 aliphatic carbocycles. The van der Waals surface area contributed by atoms with E-state index in [-0.39, 0.29) is 12.0 Å². The minimum atomic E-state index is -0.000812. The van der Waals surface area contributed by atoms with Crippen molar-refractivity contribution in [2.24, 2.45) is 10.4 Å². The Morgan fingerprint density at radius 3 is 2.62 bits per heavy atom. The van der Waals surface area contributed by atoms with Crippen molar-refractivity contribution >= 4 is 5.96 Å². The highest BCUT2D eigenvalue weighted by atomic mass is 16.5. The first-order chi connectivity index (χ1) is 14.2. The van der Waals surface area contributed by atoms with Crippen molar-refractivity contribution in [3.63, 3.8) is 0 Å². The van der Waals surface area contributed by atoms with Crippen molar-refractivity contribution in [1.82, 2.24) is 15.5 Å². The summed E-state index contributed by atoms with van der Waals surface area (Å²) in [5, 5.41) is 16.3. The van der Waals surface area contributed by atoms with Gasteiger partial charge >= 0.3 is 0 Å². The normalized spacial score (nSPS) is 23.3. The van der Waals surface area contributed by atoms with Crippen molar-refractivity contribution in [3.05, 3.63) is 35.4 Å². The molecule has 2 heterocycles. The Bertz CT molecular complexity index is 641. The van der Waals surface area contributed by atoms with E-state index in [0.717, 1.165) is 71.3 Å². The first-order valence-corrected chi connectivity index (χ1v) is 10.8. The summed E-state index contributed by atoms with van der Waals surface area (Å²) in [5.74, 6) is 0.817. The lowest BCUT2D eigenvalue weighted by Gasteiger charge is -2.28. The van der Waals surface area contributed by atoms with Crippen molar-refractivity contribution in [2.75, 3.05) is 59.2 Å². The molecule has 3 rings (SSSR count). The Balaban J connectivity index is 1.62. The number of morpholine rings is 1. The van der Waals surface area contributed by atoms with E-state index >= 15 is 0 Å². The zero-order valence-corrected chi connectivity index (χ0v) is 17.7. The number of benzene rings is 1. The van der Waals surface area contributed by atoms with Crippen LogP contribution in [0.4, 0.5) is 0 Å². The van der Waals surface area contributed by atoms with E-state index in [1.54, 1.807) is 0 Å². The molecule has 0 aromatic heterocycles. The Morgan fingerprint density at radius 2 is 1.93 bits per heavy atom. The standard InChI is InChI=1S/C22H36N4O3/c1-2-23-21(25-17-22(7-11-27)8-12-29-18-22)24-15-19-5-3-4-6-20(19)16-26-9-13-28-14-10-26/h3-6,27H,2,7-18H2,1H3,(H2,23,24,25). The molecule has 0 saturated carbocycles. The van der Waals surface area contributed by atoms with Gasteiger partial charge in [0.25, 0.3) is 0 Å². The molecule has 2 aliphatic rings. The van der Waals surface area contributed by atoms with E-state index in [2.05, 4.69) is 46.7 Å². The molecule has 1 aromatic rings. The van der Waals surface area contributed by atoms with Crippen molar-refractivity contribution in [3.8, 4) is 0 Å². The maximum Gasteiger partial charge on any atom is 0.191 e. The molecule has 7 heteroatoms. The van der Waals surface area contributed by atoms with Gasteiger partial charge in [0.05, 0.1) is 26.4 Å². The second-order valence-corrected chi connectivity index (χ2v) is 7.98. The molecule has 2 saturated heterocycles. The third kappa shape index (κ3) is 6.67. The fraction of sp³-hybridized carbons (Fsp3) is 0.682. The van der Waals surface area contributed by atoms with Crippen LogP contribution in [0.25, 0.3) is 0 Å². The van der Waals surface area contributed by atoms with Crippen molar-refractivity contribution in [1.29, 1.82) is 0 Å². The van der Waals surface area contributed by atoms with Gasteiger partial charge in [-0.1, -0.05) is 24.3 Å². The van der Waals surface area contributed by atoms with Crippen molar-refractivity contribution in [2.45, 2.75) is 32.9 Å². The molecule has 1 atom stereocenters. The van der Waals surface area contributed by atoms with E-state index in [1.165, 1.54) is 11.1 Å². The number of aliphatic hydroxyl groups is 1. The number of guanidine groups is 1. The van der Waals surface area contributed by atoms with Gasteiger partial charge in [-0.15, -0.1) is 0 Å². The highest BCUT2D eigenvalue weighted by Gasteiger charge is 2.34. The monoisotopic (exact) mass is 404 g/mol. The van der Waals surface area contributed by atoms with E-state index in [0.29, 0.717) is 13.2 Å². The smallest absolute Gasteiger partial charge is 0.191 e. The molecule has 0 radical (unpaired) electrons. The molecule has 0 bridgehead atoms. The van der Waals surface area contributed by atoms with Crippen LogP contribution >= 0.6 is 0 Å². The predicted molar refractivity (Wildman–Crippen MR) is 115 cm³/mol. The van der Waals surface area contributed by atoms with Crippen LogP contribution in [-0.2, 0) is 22.6 Å². The van der Waals surface area contributed by atoms with Gasteiger partial charge in [-0.05, 0) is 30.9 Å². The molecule has 29 heavy (non-hydrogen) atoms. The SMILES string of the molecule is CCNC(=NCc1ccccc1CN1CCOCC1)NCC1(CCO)CCOC1. The van der Waals surface area contributed by atoms with Crippen LogP contribution in [0.1, 0.15) is 30.9 Å². The lowest BCUT2D eigenvalue weighted by molar-refractivity contribution is 0.0341. The quantitative estimate of drug-likeness (QED) is 0.426. The second kappa shape index (κ2) is 11.5. The second-order valence-electron chi connectivity index (χ2n) is 7.98. The van der Waals surface area contributed by atoms with E-state index in [1.807, 2.05) is 0 Å². The number of nitrogens with zero attached hydrogens (tertiary/aromatic N) is 2. The maximum atomic E-state index is 9.44. The predicted octanol–water partition coefficient (Wildman–Crippen LogP) is 1.36. The van der Waals surface area contributed by atoms with Gasteiger partial charge in [0.15, 0.2) is 5.96 Å². The summed E-state index contributed by atoms with van der Waals surface area (Å²) >= 11 is 0. The van der Waals surface area contributed by atoms with Crippen LogP contribution in [0.2, 0.25) is 0 Å². The Labute approximate surface area is 174 Å². The molecular formula is C22H36N4O3. The molecule has 0 amide bonds. The first-order valence-electron chi connectivity index (χ1n) is 10.8. The zero-order valence-electron chi connectivity index (χ0n) is 17.7. The highest BCUT2D eigenvalue weighted by Crippen LogP contribution is 2.31. The Morgan fingerprint density at radius 1 is 1.14 bits per heavy atom. The van der Waals surface area contributed by atoms with Crippen LogP contribution < -0.4 is 10.6 Å². The van der Waals surface area contributed by atoms with Crippen LogP contribution in [0.15, 0.2) is 29.3 Å². The third-order valence-corrected chi connectivity index (χ3v) is 5.83. The number of hydrogen-bond acceptors (Lipinski definition) is 5. The first kappa shape index (κ1) is 22.0. The van der Waals surface area contributed by atoms with Crippen LogP contribution in [0.5, 0.6) is 0 Å². The Kier molecular flexibility index (Phi) is 8.73. The summed E-state index contributed by atoms with van der Waals surface area (Å²) < 4.78 is 11.1. The molecule has 2 aliphatic heterocycles. The van der Waals surface area contributed by atoms with Crippen LogP contribution in [-0.4, -0.2) is 75.2 Å². The van der Waals surface area contributed by atoms with Gasteiger partial charge in [0.2, 0.25) is 0 Å². The average Bonchev–Trinajstić information content (AvgIpc) is 3.21. The number of nitrogens with one attached hydrogen (secondary N) is 2. The van der Waals surface area contributed by atoms with E-state index in [9.17, 15) is 5.11 Å². The third-order valence-electron chi connectivity index (χ3n) is 5.83. The summed E-state index contributed by atoms with van der Waals surface area (Å²) in [6.07, 6.45) is 1.73. The molecule has 2 fully saturated rings. The van der Waals surface area contributed by atoms with Crippen LogP contribution in [0.3, 0.4) is 0 Å². The largest absolute Gasteiger partial charge is 0.396 e. The molecule has 1 unspecified atom stereocenters. The number of aliphatic hydroxyl groups excluding tert-OH is 1. The zero-order chi connectivity index (χ0) is 20.4. The van der Waals surface area contributed by atoms with Gasteiger partial charge in [-0.25, -0.2) is 4.99 Å². The maximum absolute atomic E-state index is 9.44. The van der Waals surface area contributed by atoms with Gasteiger partial charge in [0, 0.05) is 51.4 Å². The van der Waals surface area contributed by atoms with Gasteiger partial charge in [-0.2, -0.15) is 0 Å². The average molecular weight is 405 g/mol. The molecule has 3 N–H and O–H groups in total.